The standard InChI is InChI=1S/C16H25NO/c1-6-18-12-9-7-8-11(10-12)13(17)14-15(2,3)16(14,4)5/h7-10,13-14H,6,17H2,1-5H3. The van der Waals surface area contributed by atoms with Crippen LogP contribution in [0.5, 0.6) is 5.75 Å². The molecule has 0 saturated heterocycles. The van der Waals surface area contributed by atoms with Gasteiger partial charge in [0.05, 0.1) is 6.61 Å². The van der Waals surface area contributed by atoms with Crippen LogP contribution >= 0.6 is 0 Å². The molecule has 1 aromatic rings. The lowest BCUT2D eigenvalue weighted by atomic mass is 9.97. The van der Waals surface area contributed by atoms with Gasteiger partial charge in [-0.1, -0.05) is 39.8 Å². The Morgan fingerprint density at radius 3 is 2.33 bits per heavy atom. The minimum Gasteiger partial charge on any atom is -0.494 e. The van der Waals surface area contributed by atoms with Crippen LogP contribution in [0.4, 0.5) is 0 Å². The predicted molar refractivity (Wildman–Crippen MR) is 75.6 cm³/mol. The van der Waals surface area contributed by atoms with Gasteiger partial charge in [-0.2, -0.15) is 0 Å². The molecule has 2 rings (SSSR count). The minimum absolute atomic E-state index is 0.0930. The van der Waals surface area contributed by atoms with E-state index in [1.54, 1.807) is 0 Å². The molecule has 2 heteroatoms. The summed E-state index contributed by atoms with van der Waals surface area (Å²) in [5.41, 5.74) is 8.27. The Morgan fingerprint density at radius 2 is 1.83 bits per heavy atom. The monoisotopic (exact) mass is 247 g/mol. The Bertz CT molecular complexity index is 422. The third-order valence-corrected chi connectivity index (χ3v) is 5.05. The van der Waals surface area contributed by atoms with Gasteiger partial charge in [0.15, 0.2) is 0 Å². The van der Waals surface area contributed by atoms with E-state index in [-0.39, 0.29) is 6.04 Å². The number of benzene rings is 1. The summed E-state index contributed by atoms with van der Waals surface area (Å²) in [5.74, 6) is 1.45. The molecule has 2 nitrogen and oxygen atoms in total. The number of hydrogen-bond acceptors (Lipinski definition) is 2. The number of ether oxygens (including phenoxy) is 1. The molecule has 100 valence electrons. The highest BCUT2D eigenvalue weighted by molar-refractivity contribution is 5.33. The van der Waals surface area contributed by atoms with Gasteiger partial charge in [-0.25, -0.2) is 0 Å². The Morgan fingerprint density at radius 1 is 1.22 bits per heavy atom. The zero-order valence-electron chi connectivity index (χ0n) is 12.2. The van der Waals surface area contributed by atoms with E-state index >= 15 is 0 Å². The molecule has 0 spiro atoms. The van der Waals surface area contributed by atoms with Crippen LogP contribution in [0.3, 0.4) is 0 Å². The van der Waals surface area contributed by atoms with Crippen LogP contribution < -0.4 is 10.5 Å². The summed E-state index contributed by atoms with van der Waals surface area (Å²) < 4.78 is 5.55. The van der Waals surface area contributed by atoms with Crippen molar-refractivity contribution in [3.05, 3.63) is 29.8 Å². The second kappa shape index (κ2) is 4.27. The summed E-state index contributed by atoms with van der Waals surface area (Å²) >= 11 is 0. The van der Waals surface area contributed by atoms with Gasteiger partial charge in [-0.15, -0.1) is 0 Å². The van der Waals surface area contributed by atoms with Gasteiger partial charge in [-0.3, -0.25) is 0 Å². The van der Waals surface area contributed by atoms with Crippen LogP contribution in [0.15, 0.2) is 24.3 Å². The average Bonchev–Trinajstić information content (AvgIpc) is 2.69. The van der Waals surface area contributed by atoms with Gasteiger partial charge < -0.3 is 10.5 Å². The minimum atomic E-state index is 0.0930. The highest BCUT2D eigenvalue weighted by Crippen LogP contribution is 2.71. The quantitative estimate of drug-likeness (QED) is 0.879. The summed E-state index contributed by atoms with van der Waals surface area (Å²) in [5, 5.41) is 0. The second-order valence-electron chi connectivity index (χ2n) is 6.45. The fourth-order valence-corrected chi connectivity index (χ4v) is 3.32. The Hall–Kier alpha value is -1.02. The van der Waals surface area contributed by atoms with E-state index in [4.69, 9.17) is 10.5 Å². The molecular formula is C16H25NO. The maximum Gasteiger partial charge on any atom is 0.119 e. The number of rotatable bonds is 4. The average molecular weight is 247 g/mol. The molecule has 0 heterocycles. The topological polar surface area (TPSA) is 35.2 Å². The first-order valence-electron chi connectivity index (χ1n) is 6.80. The SMILES string of the molecule is CCOc1cccc(C(N)C2C(C)(C)C2(C)C)c1. The highest BCUT2D eigenvalue weighted by atomic mass is 16.5. The third-order valence-electron chi connectivity index (χ3n) is 5.05. The van der Waals surface area contributed by atoms with Gasteiger partial charge in [0.2, 0.25) is 0 Å². The molecule has 1 aliphatic carbocycles. The van der Waals surface area contributed by atoms with E-state index < -0.39 is 0 Å². The van der Waals surface area contributed by atoms with Crippen molar-refractivity contribution in [2.75, 3.05) is 6.61 Å². The van der Waals surface area contributed by atoms with E-state index in [2.05, 4.69) is 39.8 Å². The fraction of sp³-hybridized carbons (Fsp3) is 0.625. The molecule has 1 aliphatic rings. The first-order valence-corrected chi connectivity index (χ1v) is 6.80. The van der Waals surface area contributed by atoms with E-state index in [9.17, 15) is 0 Å². The molecule has 1 aromatic carbocycles. The molecular weight excluding hydrogens is 222 g/mol. The maximum absolute atomic E-state index is 6.46. The zero-order valence-corrected chi connectivity index (χ0v) is 12.2. The van der Waals surface area contributed by atoms with Crippen molar-refractivity contribution in [1.82, 2.24) is 0 Å². The first kappa shape index (κ1) is 13.4. The van der Waals surface area contributed by atoms with Crippen molar-refractivity contribution in [2.45, 2.75) is 40.7 Å². The largest absolute Gasteiger partial charge is 0.494 e. The molecule has 18 heavy (non-hydrogen) atoms. The molecule has 1 saturated carbocycles. The molecule has 2 N–H and O–H groups in total. The molecule has 0 amide bonds. The maximum atomic E-state index is 6.46. The van der Waals surface area contributed by atoms with Crippen LogP contribution in [0.2, 0.25) is 0 Å². The summed E-state index contributed by atoms with van der Waals surface area (Å²) in [4.78, 5) is 0. The lowest BCUT2D eigenvalue weighted by molar-refractivity contribution is 0.339. The van der Waals surface area contributed by atoms with Crippen LogP contribution in [-0.4, -0.2) is 6.61 Å². The van der Waals surface area contributed by atoms with Crippen molar-refractivity contribution >= 4 is 0 Å². The zero-order chi connectivity index (χ0) is 13.6. The van der Waals surface area contributed by atoms with Gasteiger partial charge in [-0.05, 0) is 41.4 Å². The van der Waals surface area contributed by atoms with Crippen LogP contribution in [0.1, 0.15) is 46.2 Å². The fourth-order valence-electron chi connectivity index (χ4n) is 3.32. The van der Waals surface area contributed by atoms with Gasteiger partial charge in [0, 0.05) is 6.04 Å². The van der Waals surface area contributed by atoms with E-state index in [0.29, 0.717) is 23.4 Å². The molecule has 0 radical (unpaired) electrons. The molecule has 0 aliphatic heterocycles. The summed E-state index contributed by atoms with van der Waals surface area (Å²) in [6.45, 7) is 11.9. The van der Waals surface area contributed by atoms with Crippen LogP contribution in [-0.2, 0) is 0 Å². The predicted octanol–water partition coefficient (Wildman–Crippen LogP) is 3.77. The smallest absolute Gasteiger partial charge is 0.119 e. The molecule has 0 bridgehead atoms. The Kier molecular flexibility index (Phi) is 3.18. The van der Waals surface area contributed by atoms with Crippen molar-refractivity contribution in [3.63, 3.8) is 0 Å². The Balaban J connectivity index is 2.20. The number of nitrogens with two attached hydrogens (primary N) is 1. The lowest BCUT2D eigenvalue weighted by Gasteiger charge is -2.15. The van der Waals surface area contributed by atoms with E-state index in [1.165, 1.54) is 5.56 Å². The normalized spacial score (nSPS) is 22.6. The molecule has 1 fully saturated rings. The van der Waals surface area contributed by atoms with Crippen molar-refractivity contribution in [3.8, 4) is 5.75 Å². The van der Waals surface area contributed by atoms with E-state index in [1.807, 2.05) is 19.1 Å². The van der Waals surface area contributed by atoms with Gasteiger partial charge >= 0.3 is 0 Å². The van der Waals surface area contributed by atoms with Crippen molar-refractivity contribution < 1.29 is 4.74 Å². The van der Waals surface area contributed by atoms with Crippen molar-refractivity contribution in [1.29, 1.82) is 0 Å². The second-order valence-corrected chi connectivity index (χ2v) is 6.45. The van der Waals surface area contributed by atoms with Crippen molar-refractivity contribution in [2.24, 2.45) is 22.5 Å². The van der Waals surface area contributed by atoms with Gasteiger partial charge in [0.25, 0.3) is 0 Å². The number of hydrogen-bond donors (Lipinski definition) is 1. The molecule has 1 unspecified atom stereocenters. The van der Waals surface area contributed by atoms with E-state index in [0.717, 1.165) is 5.75 Å². The third kappa shape index (κ3) is 1.93. The molecule has 1 atom stereocenters. The van der Waals surface area contributed by atoms with Gasteiger partial charge in [0.1, 0.15) is 5.75 Å². The Labute approximate surface area is 111 Å². The highest BCUT2D eigenvalue weighted by Gasteiger charge is 2.66. The summed E-state index contributed by atoms with van der Waals surface area (Å²) in [7, 11) is 0. The van der Waals surface area contributed by atoms with Crippen LogP contribution in [0, 0.1) is 16.7 Å². The summed E-state index contributed by atoms with van der Waals surface area (Å²) in [6.07, 6.45) is 0. The first-order chi connectivity index (χ1) is 8.32. The van der Waals surface area contributed by atoms with Crippen LogP contribution in [0.25, 0.3) is 0 Å². The molecule has 0 aromatic heterocycles. The lowest BCUT2D eigenvalue weighted by Crippen LogP contribution is -2.16. The summed E-state index contributed by atoms with van der Waals surface area (Å²) in [6, 6.07) is 8.30.